The fraction of sp³-hybridized carbons (Fsp3) is 0.263. The molecule has 0 radical (unpaired) electrons. The summed E-state index contributed by atoms with van der Waals surface area (Å²) in [4.78, 5) is 13.0. The Morgan fingerprint density at radius 3 is 2.63 bits per heavy atom. The van der Waals surface area contributed by atoms with Crippen molar-refractivity contribution < 1.29 is 13.2 Å². The molecule has 0 saturated carbocycles. The summed E-state index contributed by atoms with van der Waals surface area (Å²) in [5, 5.41) is 11.7. The minimum Gasteiger partial charge on any atom is -0.325 e. The van der Waals surface area contributed by atoms with Crippen LogP contribution >= 0.6 is 15.9 Å². The van der Waals surface area contributed by atoms with Gasteiger partial charge in [-0.15, -0.1) is 0 Å². The van der Waals surface area contributed by atoms with Crippen molar-refractivity contribution in [3.8, 4) is 6.07 Å². The molecule has 8 heteroatoms. The van der Waals surface area contributed by atoms with Crippen LogP contribution in [0.25, 0.3) is 0 Å². The Labute approximate surface area is 167 Å². The van der Waals surface area contributed by atoms with E-state index in [1.165, 1.54) is 16.4 Å². The van der Waals surface area contributed by atoms with E-state index in [9.17, 15) is 13.2 Å². The van der Waals surface area contributed by atoms with E-state index in [0.29, 0.717) is 30.6 Å². The summed E-state index contributed by atoms with van der Waals surface area (Å²) in [6.07, 6.45) is 1.95. The van der Waals surface area contributed by atoms with Crippen LogP contribution in [0.4, 0.5) is 5.69 Å². The van der Waals surface area contributed by atoms with Gasteiger partial charge in [-0.2, -0.15) is 9.57 Å². The number of carbonyl (C=O) groups is 1. The quantitative estimate of drug-likeness (QED) is 0.775. The van der Waals surface area contributed by atoms with Crippen LogP contribution in [0.3, 0.4) is 0 Å². The van der Waals surface area contributed by atoms with Crippen LogP contribution in [0.15, 0.2) is 57.9 Å². The maximum atomic E-state index is 13.1. The second-order valence-electron chi connectivity index (χ2n) is 6.26. The first-order chi connectivity index (χ1) is 12.9. The third-order valence-corrected chi connectivity index (χ3v) is 6.89. The van der Waals surface area contributed by atoms with Crippen molar-refractivity contribution in [2.75, 3.05) is 11.9 Å². The summed E-state index contributed by atoms with van der Waals surface area (Å²) in [7, 11) is -3.78. The number of nitrogens with one attached hydrogen (secondary N) is 1. The summed E-state index contributed by atoms with van der Waals surface area (Å²) >= 11 is 3.30. The van der Waals surface area contributed by atoms with E-state index in [4.69, 9.17) is 5.26 Å². The molecule has 140 valence electrons. The van der Waals surface area contributed by atoms with Gasteiger partial charge < -0.3 is 5.32 Å². The van der Waals surface area contributed by atoms with Gasteiger partial charge in [-0.25, -0.2) is 8.42 Å². The van der Waals surface area contributed by atoms with E-state index in [0.717, 1.165) is 10.9 Å². The van der Waals surface area contributed by atoms with Crippen molar-refractivity contribution in [2.24, 2.45) is 0 Å². The number of amides is 1. The van der Waals surface area contributed by atoms with E-state index in [2.05, 4.69) is 21.2 Å². The summed E-state index contributed by atoms with van der Waals surface area (Å²) < 4.78 is 28.2. The predicted molar refractivity (Wildman–Crippen MR) is 105 cm³/mol. The molecule has 0 unspecified atom stereocenters. The zero-order chi connectivity index (χ0) is 19.4. The van der Waals surface area contributed by atoms with Gasteiger partial charge in [0, 0.05) is 16.7 Å². The molecule has 1 heterocycles. The second kappa shape index (κ2) is 8.21. The molecule has 6 nitrogen and oxygen atoms in total. The molecule has 1 atom stereocenters. The Balaban J connectivity index is 1.85. The molecule has 1 N–H and O–H groups in total. The number of hydrogen-bond donors (Lipinski definition) is 1. The minimum atomic E-state index is -3.78. The van der Waals surface area contributed by atoms with Crippen LogP contribution in [0.5, 0.6) is 0 Å². The maximum Gasteiger partial charge on any atom is 0.243 e. The van der Waals surface area contributed by atoms with Crippen LogP contribution < -0.4 is 5.32 Å². The topological polar surface area (TPSA) is 90.3 Å². The number of benzene rings is 2. The monoisotopic (exact) mass is 447 g/mol. The van der Waals surface area contributed by atoms with Gasteiger partial charge in [0.1, 0.15) is 6.04 Å². The van der Waals surface area contributed by atoms with Crippen LogP contribution in [0.2, 0.25) is 0 Å². The summed E-state index contributed by atoms with van der Waals surface area (Å²) in [6.45, 7) is 0.300. The summed E-state index contributed by atoms with van der Waals surface area (Å²) in [5.41, 5.74) is 0.904. The summed E-state index contributed by atoms with van der Waals surface area (Å²) in [6, 6.07) is 14.2. The molecule has 1 fully saturated rings. The molecular formula is C19H18BrN3O3S. The van der Waals surface area contributed by atoms with Gasteiger partial charge in [-0.1, -0.05) is 28.4 Å². The lowest BCUT2D eigenvalue weighted by molar-refractivity contribution is -0.120. The number of nitrogens with zero attached hydrogens (tertiary/aromatic N) is 2. The molecule has 1 aliphatic rings. The second-order valence-corrected chi connectivity index (χ2v) is 9.07. The zero-order valence-electron chi connectivity index (χ0n) is 14.4. The molecular weight excluding hydrogens is 430 g/mol. The highest BCUT2D eigenvalue weighted by molar-refractivity contribution is 9.10. The molecule has 1 amide bonds. The average molecular weight is 448 g/mol. The number of hydrogen-bond acceptors (Lipinski definition) is 4. The van der Waals surface area contributed by atoms with Crippen LogP contribution in [0, 0.1) is 11.3 Å². The van der Waals surface area contributed by atoms with Crippen LogP contribution in [-0.4, -0.2) is 31.2 Å². The zero-order valence-corrected chi connectivity index (χ0v) is 16.8. The SMILES string of the molecule is N#Cc1cccc(NC(=O)[C@@H]2CCCCN2S(=O)(=O)c2ccc(Br)cc2)c1. The lowest BCUT2D eigenvalue weighted by Gasteiger charge is -2.33. The number of piperidine rings is 1. The number of sulfonamides is 1. The molecule has 0 aliphatic carbocycles. The Morgan fingerprint density at radius 1 is 1.19 bits per heavy atom. The molecule has 1 saturated heterocycles. The average Bonchev–Trinajstić information content (AvgIpc) is 2.68. The maximum absolute atomic E-state index is 13.1. The van der Waals surface area contributed by atoms with Crippen molar-refractivity contribution in [1.82, 2.24) is 4.31 Å². The number of halogens is 1. The first-order valence-corrected chi connectivity index (χ1v) is 10.7. The highest BCUT2D eigenvalue weighted by atomic mass is 79.9. The third-order valence-electron chi connectivity index (χ3n) is 4.44. The minimum absolute atomic E-state index is 0.164. The largest absolute Gasteiger partial charge is 0.325 e. The molecule has 0 spiro atoms. The molecule has 1 aliphatic heterocycles. The van der Waals surface area contributed by atoms with E-state index < -0.39 is 16.1 Å². The first-order valence-electron chi connectivity index (χ1n) is 8.50. The normalized spacial score (nSPS) is 17.9. The van der Waals surface area contributed by atoms with Crippen molar-refractivity contribution in [1.29, 1.82) is 5.26 Å². The smallest absolute Gasteiger partial charge is 0.243 e. The van der Waals surface area contributed by atoms with Gasteiger partial charge in [0.05, 0.1) is 16.5 Å². The standard InChI is InChI=1S/C19H18BrN3O3S/c20-15-7-9-17(10-8-15)27(25,26)23-11-2-1-6-18(23)19(24)22-16-5-3-4-14(12-16)13-21/h3-5,7-10,12,18H,1-2,6,11H2,(H,22,24)/t18-/m0/s1. The van der Waals surface area contributed by atoms with Crippen molar-refractivity contribution in [3.63, 3.8) is 0 Å². The number of anilines is 1. The lowest BCUT2D eigenvalue weighted by Crippen LogP contribution is -2.49. The van der Waals surface area contributed by atoms with Gasteiger partial charge in [0.25, 0.3) is 0 Å². The highest BCUT2D eigenvalue weighted by Crippen LogP contribution is 2.27. The van der Waals surface area contributed by atoms with Crippen LogP contribution in [0.1, 0.15) is 24.8 Å². The molecule has 3 rings (SSSR count). The number of rotatable bonds is 4. The third kappa shape index (κ3) is 4.38. The van der Waals surface area contributed by atoms with Gasteiger partial charge in [-0.3, -0.25) is 4.79 Å². The van der Waals surface area contributed by atoms with Crippen molar-refractivity contribution in [3.05, 3.63) is 58.6 Å². The summed E-state index contributed by atoms with van der Waals surface area (Å²) in [5.74, 6) is -0.384. The van der Waals surface area contributed by atoms with Gasteiger partial charge in [0.2, 0.25) is 15.9 Å². The van der Waals surface area contributed by atoms with E-state index >= 15 is 0 Å². The van der Waals surface area contributed by atoms with Crippen molar-refractivity contribution >= 4 is 37.5 Å². The molecule has 2 aromatic carbocycles. The molecule has 2 aromatic rings. The lowest BCUT2D eigenvalue weighted by atomic mass is 10.0. The molecule has 0 bridgehead atoms. The predicted octanol–water partition coefficient (Wildman–Crippen LogP) is 3.50. The first kappa shape index (κ1) is 19.5. The van der Waals surface area contributed by atoms with Crippen LogP contribution in [-0.2, 0) is 14.8 Å². The number of nitriles is 1. The Kier molecular flexibility index (Phi) is 5.95. The molecule has 27 heavy (non-hydrogen) atoms. The Morgan fingerprint density at radius 2 is 1.93 bits per heavy atom. The Hall–Kier alpha value is -2.21. The van der Waals surface area contributed by atoms with E-state index in [-0.39, 0.29) is 10.8 Å². The Bertz CT molecular complexity index is 984. The van der Waals surface area contributed by atoms with Gasteiger partial charge in [0.15, 0.2) is 0 Å². The molecule has 0 aromatic heterocycles. The van der Waals surface area contributed by atoms with Gasteiger partial charge >= 0.3 is 0 Å². The fourth-order valence-corrected chi connectivity index (χ4v) is 5.01. The highest BCUT2D eigenvalue weighted by Gasteiger charge is 2.37. The fourth-order valence-electron chi connectivity index (χ4n) is 3.09. The van der Waals surface area contributed by atoms with Gasteiger partial charge in [-0.05, 0) is 55.3 Å². The van der Waals surface area contributed by atoms with Crippen molar-refractivity contribution in [2.45, 2.75) is 30.2 Å². The van der Waals surface area contributed by atoms with E-state index in [1.54, 1.807) is 36.4 Å². The number of carbonyl (C=O) groups excluding carboxylic acids is 1. The van der Waals surface area contributed by atoms with E-state index in [1.807, 2.05) is 6.07 Å².